The van der Waals surface area contributed by atoms with E-state index in [4.69, 9.17) is 21.1 Å². The van der Waals surface area contributed by atoms with Gasteiger partial charge in [0.2, 0.25) is 5.91 Å². The number of amides is 1. The summed E-state index contributed by atoms with van der Waals surface area (Å²) in [5.74, 6) is 1.03. The van der Waals surface area contributed by atoms with Crippen LogP contribution in [-0.4, -0.2) is 60.7 Å². The van der Waals surface area contributed by atoms with E-state index >= 15 is 0 Å². The van der Waals surface area contributed by atoms with E-state index in [1.807, 2.05) is 11.9 Å². The van der Waals surface area contributed by atoms with E-state index in [-0.39, 0.29) is 23.1 Å². The van der Waals surface area contributed by atoms with Gasteiger partial charge in [0.1, 0.15) is 24.1 Å². The van der Waals surface area contributed by atoms with Crippen molar-refractivity contribution in [1.29, 1.82) is 0 Å². The molecule has 3 aromatic rings. The molecule has 0 spiro atoms. The molecule has 2 aromatic carbocycles. The molecule has 168 valence electrons. The zero-order chi connectivity index (χ0) is 22.8. The van der Waals surface area contributed by atoms with Crippen LogP contribution in [0.2, 0.25) is 5.02 Å². The highest BCUT2D eigenvalue weighted by atomic mass is 35.5. The Kier molecular flexibility index (Phi) is 6.29. The highest BCUT2D eigenvalue weighted by Crippen LogP contribution is 2.36. The second-order valence-electron chi connectivity index (χ2n) is 7.54. The van der Waals surface area contributed by atoms with Crippen LogP contribution in [0.1, 0.15) is 6.42 Å². The first-order chi connectivity index (χ1) is 15.4. The quantitative estimate of drug-likeness (QED) is 0.584. The average Bonchev–Trinajstić information content (AvgIpc) is 3.15. The van der Waals surface area contributed by atoms with Crippen LogP contribution < -0.4 is 20.1 Å². The molecule has 2 N–H and O–H groups in total. The minimum absolute atomic E-state index is 0.0122. The van der Waals surface area contributed by atoms with E-state index in [1.54, 1.807) is 32.4 Å². The number of methoxy groups -OCH3 is 1. The number of halogens is 2. The summed E-state index contributed by atoms with van der Waals surface area (Å²) < 4.78 is 25.2. The summed E-state index contributed by atoms with van der Waals surface area (Å²) in [6.45, 7) is 0.612. The fourth-order valence-corrected chi connectivity index (χ4v) is 4.00. The molecule has 1 fully saturated rings. The zero-order valence-corrected chi connectivity index (χ0v) is 18.6. The highest BCUT2D eigenvalue weighted by molar-refractivity contribution is 6.31. The lowest BCUT2D eigenvalue weighted by Crippen LogP contribution is -2.39. The molecular formula is C22H23ClFN5O3. The molecule has 2 heterocycles. The molecule has 0 aliphatic carbocycles. The topological polar surface area (TPSA) is 88.6 Å². The summed E-state index contributed by atoms with van der Waals surface area (Å²) in [5.41, 5.74) is 1.23. The van der Waals surface area contributed by atoms with Crippen LogP contribution in [0.25, 0.3) is 10.9 Å². The average molecular weight is 460 g/mol. The Hall–Kier alpha value is -3.17. The van der Waals surface area contributed by atoms with E-state index in [0.717, 1.165) is 0 Å². The monoisotopic (exact) mass is 459 g/mol. The van der Waals surface area contributed by atoms with E-state index in [1.165, 1.54) is 18.5 Å². The molecule has 1 aliphatic rings. The number of carbonyl (C=O) groups is 1. The van der Waals surface area contributed by atoms with Crippen LogP contribution in [0.15, 0.2) is 36.7 Å². The normalized spacial score (nSPS) is 18.5. The summed E-state index contributed by atoms with van der Waals surface area (Å²) in [7, 11) is 5.08. The first-order valence-electron chi connectivity index (χ1n) is 10.0. The lowest BCUT2D eigenvalue weighted by molar-refractivity contribution is -0.124. The van der Waals surface area contributed by atoms with Crippen molar-refractivity contribution in [2.45, 2.75) is 18.6 Å². The molecule has 32 heavy (non-hydrogen) atoms. The molecule has 2 atom stereocenters. The van der Waals surface area contributed by atoms with Gasteiger partial charge in [0.25, 0.3) is 0 Å². The lowest BCUT2D eigenvalue weighted by Gasteiger charge is -2.17. The summed E-state index contributed by atoms with van der Waals surface area (Å²) in [6, 6.07) is 7.67. The number of ether oxygens (including phenoxy) is 2. The van der Waals surface area contributed by atoms with Gasteiger partial charge in [0, 0.05) is 37.2 Å². The first kappa shape index (κ1) is 22.0. The number of rotatable bonds is 6. The SMILES string of the molecule is CNC(=O)[C@@H]1C[C@H](Oc2cc3ncnc(Nc4ccc(F)c(Cl)c4)c3cc2OC)CN1C. The Bertz CT molecular complexity index is 1160. The third kappa shape index (κ3) is 4.39. The van der Waals surface area contributed by atoms with E-state index in [0.29, 0.717) is 46.9 Å². The van der Waals surface area contributed by atoms with Crippen molar-refractivity contribution in [3.63, 3.8) is 0 Å². The molecule has 0 saturated carbocycles. The third-order valence-corrected chi connectivity index (χ3v) is 5.75. The largest absolute Gasteiger partial charge is 0.493 e. The van der Waals surface area contributed by atoms with Crippen molar-refractivity contribution in [2.24, 2.45) is 0 Å². The maximum atomic E-state index is 13.5. The smallest absolute Gasteiger partial charge is 0.237 e. The Balaban J connectivity index is 1.62. The number of benzene rings is 2. The van der Waals surface area contributed by atoms with Crippen molar-refractivity contribution in [3.8, 4) is 11.5 Å². The predicted molar refractivity (Wildman–Crippen MR) is 120 cm³/mol. The van der Waals surface area contributed by atoms with Gasteiger partial charge in [-0.3, -0.25) is 9.69 Å². The molecule has 0 unspecified atom stereocenters. The Morgan fingerprint density at radius 1 is 1.25 bits per heavy atom. The van der Waals surface area contributed by atoms with Gasteiger partial charge in [-0.25, -0.2) is 14.4 Å². The van der Waals surface area contributed by atoms with Crippen LogP contribution in [0.5, 0.6) is 11.5 Å². The van der Waals surface area contributed by atoms with Crippen molar-refractivity contribution < 1.29 is 18.7 Å². The van der Waals surface area contributed by atoms with Gasteiger partial charge in [-0.15, -0.1) is 0 Å². The van der Waals surface area contributed by atoms with Crippen molar-refractivity contribution in [1.82, 2.24) is 20.2 Å². The molecule has 10 heteroatoms. The Morgan fingerprint density at radius 2 is 2.06 bits per heavy atom. The number of carbonyl (C=O) groups excluding carboxylic acids is 1. The number of fused-ring (bicyclic) bond motifs is 1. The van der Waals surface area contributed by atoms with Crippen molar-refractivity contribution in [3.05, 3.63) is 47.5 Å². The van der Waals surface area contributed by atoms with Crippen LogP contribution >= 0.6 is 11.6 Å². The molecule has 4 rings (SSSR count). The maximum Gasteiger partial charge on any atom is 0.237 e. The Morgan fingerprint density at radius 3 is 2.78 bits per heavy atom. The third-order valence-electron chi connectivity index (χ3n) is 5.46. The van der Waals surface area contributed by atoms with Gasteiger partial charge < -0.3 is 20.1 Å². The van der Waals surface area contributed by atoms with E-state index < -0.39 is 5.82 Å². The highest BCUT2D eigenvalue weighted by Gasteiger charge is 2.35. The fraction of sp³-hybridized carbons (Fsp3) is 0.318. The molecule has 1 aromatic heterocycles. The number of likely N-dealkylation sites (N-methyl/N-ethyl adjacent to an activating group) is 2. The number of nitrogens with one attached hydrogen (secondary N) is 2. The van der Waals surface area contributed by atoms with Crippen molar-refractivity contribution >= 4 is 39.9 Å². The molecule has 0 bridgehead atoms. The van der Waals surface area contributed by atoms with Gasteiger partial charge in [-0.1, -0.05) is 11.6 Å². The van der Waals surface area contributed by atoms with Gasteiger partial charge in [0.15, 0.2) is 11.5 Å². The zero-order valence-electron chi connectivity index (χ0n) is 17.9. The number of nitrogens with zero attached hydrogens (tertiary/aromatic N) is 3. The molecule has 0 radical (unpaired) electrons. The summed E-state index contributed by atoms with van der Waals surface area (Å²) in [6.07, 6.45) is 1.82. The van der Waals surface area contributed by atoms with Gasteiger partial charge in [-0.2, -0.15) is 0 Å². The first-order valence-corrected chi connectivity index (χ1v) is 10.4. The van der Waals surface area contributed by atoms with E-state index in [2.05, 4.69) is 20.6 Å². The van der Waals surface area contributed by atoms with Crippen LogP contribution in [0.4, 0.5) is 15.9 Å². The fourth-order valence-electron chi connectivity index (χ4n) is 3.82. The Labute approximate surface area is 189 Å². The molecule has 1 saturated heterocycles. The summed E-state index contributed by atoms with van der Waals surface area (Å²) in [4.78, 5) is 22.7. The predicted octanol–water partition coefficient (Wildman–Crippen LogP) is 3.37. The minimum atomic E-state index is -0.496. The van der Waals surface area contributed by atoms with Gasteiger partial charge in [0.05, 0.1) is 23.7 Å². The summed E-state index contributed by atoms with van der Waals surface area (Å²) in [5, 5.41) is 6.54. The number of aromatic nitrogens is 2. The van der Waals surface area contributed by atoms with Crippen LogP contribution in [0, 0.1) is 5.82 Å². The van der Waals surface area contributed by atoms with Crippen LogP contribution in [-0.2, 0) is 4.79 Å². The lowest BCUT2D eigenvalue weighted by atomic mass is 10.1. The number of anilines is 2. The van der Waals surface area contributed by atoms with Crippen LogP contribution in [0.3, 0.4) is 0 Å². The minimum Gasteiger partial charge on any atom is -0.493 e. The standard InChI is InChI=1S/C22H23ClFN5O3/c1-25-22(30)18-7-13(10-29(18)2)32-20-9-17-14(8-19(20)31-3)21(27-11-26-17)28-12-4-5-16(24)15(23)6-12/h4-6,8-9,11,13,18H,7,10H2,1-3H3,(H,25,30)(H,26,27,28)/t13-,18-/m0/s1. The second kappa shape index (κ2) is 9.13. The molecular weight excluding hydrogens is 437 g/mol. The molecule has 1 aliphatic heterocycles. The maximum absolute atomic E-state index is 13.5. The number of hydrogen-bond acceptors (Lipinski definition) is 7. The van der Waals surface area contributed by atoms with E-state index in [9.17, 15) is 9.18 Å². The molecule has 8 nitrogen and oxygen atoms in total. The molecule has 1 amide bonds. The number of hydrogen-bond donors (Lipinski definition) is 2. The van der Waals surface area contributed by atoms with Gasteiger partial charge >= 0.3 is 0 Å². The number of likely N-dealkylation sites (tertiary alicyclic amines) is 1. The second-order valence-corrected chi connectivity index (χ2v) is 7.95. The van der Waals surface area contributed by atoms with Crippen molar-refractivity contribution in [2.75, 3.05) is 33.1 Å². The van der Waals surface area contributed by atoms with Gasteiger partial charge in [-0.05, 0) is 31.3 Å². The summed E-state index contributed by atoms with van der Waals surface area (Å²) >= 11 is 5.88.